The van der Waals surface area contributed by atoms with E-state index in [0.29, 0.717) is 37.3 Å². The molecule has 3 fully saturated rings. The normalized spacial score (nSPS) is 25.5. The fourth-order valence-corrected chi connectivity index (χ4v) is 11.1. The topological polar surface area (TPSA) is 93.6 Å². The third-order valence-corrected chi connectivity index (χ3v) is 13.0. The van der Waals surface area contributed by atoms with Gasteiger partial charge in [0.25, 0.3) is 5.91 Å². The van der Waals surface area contributed by atoms with E-state index in [4.69, 9.17) is 4.74 Å². The van der Waals surface area contributed by atoms with Crippen molar-refractivity contribution in [3.63, 3.8) is 0 Å². The number of thioether (sulfide) groups is 1. The van der Waals surface area contributed by atoms with Crippen LogP contribution >= 0.6 is 11.8 Å². The predicted molar refractivity (Wildman–Crippen MR) is 209 cm³/mol. The maximum atomic E-state index is 15.2. The van der Waals surface area contributed by atoms with Crippen molar-refractivity contribution in [2.45, 2.75) is 82.4 Å². The molecule has 2 aromatic rings. The highest BCUT2D eigenvalue weighted by atomic mass is 32.2. The molecule has 2 unspecified atom stereocenters. The Bertz CT molecular complexity index is 1580. The smallest absolute Gasteiger partial charge is 0.251 e. The lowest BCUT2D eigenvalue weighted by Gasteiger charge is -2.40. The number of nitrogens with zero attached hydrogens (tertiary/aromatic N) is 4. The Morgan fingerprint density at radius 1 is 0.941 bits per heavy atom. The molecule has 3 aliphatic rings. The number of hydrogen-bond donors (Lipinski definition) is 1. The highest BCUT2D eigenvalue weighted by Crippen LogP contribution is 2.72. The number of likely N-dealkylation sites (tertiary alicyclic amines) is 1. The molecule has 3 heterocycles. The van der Waals surface area contributed by atoms with Gasteiger partial charge in [0.15, 0.2) is 0 Å². The Kier molecular flexibility index (Phi) is 12.0. The van der Waals surface area contributed by atoms with Gasteiger partial charge >= 0.3 is 0 Å². The van der Waals surface area contributed by atoms with Crippen LogP contribution in [0.1, 0.15) is 60.8 Å². The zero-order valence-corrected chi connectivity index (χ0v) is 32.0. The number of amides is 3. The molecule has 0 saturated carbocycles. The van der Waals surface area contributed by atoms with Gasteiger partial charge in [-0.1, -0.05) is 26.0 Å². The van der Waals surface area contributed by atoms with Crippen LogP contribution in [0, 0.1) is 17.8 Å². The van der Waals surface area contributed by atoms with Crippen LogP contribution in [0.25, 0.3) is 0 Å². The van der Waals surface area contributed by atoms with Crippen LogP contribution in [0.3, 0.4) is 0 Å². The number of carbonyl (C=O) groups excluding carboxylic acids is 3. The number of benzene rings is 2. The minimum Gasteiger partial charge on any atom is -0.494 e. The van der Waals surface area contributed by atoms with Crippen molar-refractivity contribution >= 4 is 46.5 Å². The monoisotopic (exact) mass is 716 g/mol. The van der Waals surface area contributed by atoms with Gasteiger partial charge in [-0.2, -0.15) is 0 Å². The van der Waals surface area contributed by atoms with Crippen molar-refractivity contribution in [2.75, 3.05) is 54.1 Å². The summed E-state index contributed by atoms with van der Waals surface area (Å²) in [5.74, 6) is -1.09. The molecule has 1 spiro atoms. The molecule has 0 radical (unpaired) electrons. The minimum atomic E-state index is -0.865. The molecule has 2 bridgehead atoms. The maximum Gasteiger partial charge on any atom is 0.251 e. The largest absolute Gasteiger partial charge is 0.494 e. The van der Waals surface area contributed by atoms with Crippen LogP contribution in [0.2, 0.25) is 0 Å². The summed E-state index contributed by atoms with van der Waals surface area (Å²) in [4.78, 5) is 52.6. The van der Waals surface area contributed by atoms with Crippen LogP contribution in [-0.4, -0.2) is 88.7 Å². The third kappa shape index (κ3) is 6.93. The van der Waals surface area contributed by atoms with E-state index < -0.39 is 33.4 Å². The zero-order chi connectivity index (χ0) is 37.1. The molecule has 3 amide bonds. The molecule has 10 heteroatoms. The quantitative estimate of drug-likeness (QED) is 0.186. The number of aliphatic hydroxyl groups excluding tert-OH is 1. The first-order valence-electron chi connectivity index (χ1n) is 18.5. The molecule has 0 aliphatic carbocycles. The summed E-state index contributed by atoms with van der Waals surface area (Å²) in [6.45, 7) is 22.8. The maximum absolute atomic E-state index is 15.2. The first-order valence-corrected chi connectivity index (χ1v) is 19.3. The average molecular weight is 717 g/mol. The van der Waals surface area contributed by atoms with Gasteiger partial charge in [-0.15, -0.1) is 24.9 Å². The number of ether oxygens (including phenoxy) is 1. The molecule has 51 heavy (non-hydrogen) atoms. The minimum absolute atomic E-state index is 0.151. The van der Waals surface area contributed by atoms with Crippen molar-refractivity contribution in [1.82, 2.24) is 4.90 Å². The summed E-state index contributed by atoms with van der Waals surface area (Å²) < 4.78 is 4.25. The van der Waals surface area contributed by atoms with E-state index in [0.717, 1.165) is 24.5 Å². The van der Waals surface area contributed by atoms with Gasteiger partial charge in [0.05, 0.1) is 35.8 Å². The molecule has 0 aromatic heterocycles. The molecule has 5 rings (SSSR count). The van der Waals surface area contributed by atoms with Crippen molar-refractivity contribution < 1.29 is 24.2 Å². The van der Waals surface area contributed by atoms with Crippen molar-refractivity contribution in [3.05, 3.63) is 73.8 Å². The first kappa shape index (κ1) is 38.5. The summed E-state index contributed by atoms with van der Waals surface area (Å²) in [5, 5.41) is 10.8. The van der Waals surface area contributed by atoms with E-state index >= 15 is 9.59 Å². The first-order chi connectivity index (χ1) is 24.4. The highest BCUT2D eigenvalue weighted by Gasteiger charge is 2.78. The highest BCUT2D eigenvalue weighted by molar-refractivity contribution is 8.02. The number of anilines is 3. The second-order valence-corrected chi connectivity index (χ2v) is 16.4. The third-order valence-electron chi connectivity index (χ3n) is 11.0. The molecule has 1 N–H and O–H groups in total. The van der Waals surface area contributed by atoms with Gasteiger partial charge in [0.1, 0.15) is 11.8 Å². The fraction of sp³-hybridized carbons (Fsp3) is 0.537. The van der Waals surface area contributed by atoms with Crippen molar-refractivity contribution in [3.8, 4) is 5.75 Å². The van der Waals surface area contributed by atoms with Crippen LogP contribution < -0.4 is 19.4 Å². The second-order valence-electron chi connectivity index (χ2n) is 14.5. The zero-order valence-electron chi connectivity index (χ0n) is 31.2. The fourth-order valence-electron chi connectivity index (χ4n) is 8.77. The summed E-state index contributed by atoms with van der Waals surface area (Å²) in [6, 6.07) is 14.0. The molecule has 3 aliphatic heterocycles. The molecule has 2 aromatic carbocycles. The Labute approximate surface area is 308 Å². The number of carbonyl (C=O) groups is 3. The average Bonchev–Trinajstić information content (AvgIpc) is 3.69. The summed E-state index contributed by atoms with van der Waals surface area (Å²) >= 11 is 1.64. The van der Waals surface area contributed by atoms with Gasteiger partial charge in [-0.05, 0) is 101 Å². The van der Waals surface area contributed by atoms with Crippen LogP contribution in [0.5, 0.6) is 5.75 Å². The van der Waals surface area contributed by atoms with E-state index in [1.165, 1.54) is 0 Å². The summed E-state index contributed by atoms with van der Waals surface area (Å²) in [5.41, 5.74) is 2.48. The van der Waals surface area contributed by atoms with E-state index in [2.05, 4.69) is 52.7 Å². The molecule has 276 valence electrons. The van der Waals surface area contributed by atoms with E-state index in [1.54, 1.807) is 38.6 Å². The lowest BCUT2D eigenvalue weighted by Crippen LogP contribution is -2.58. The van der Waals surface area contributed by atoms with Gasteiger partial charge in [-0.3, -0.25) is 14.4 Å². The summed E-state index contributed by atoms with van der Waals surface area (Å²) in [7, 11) is 0. The number of aliphatic hydroxyl groups is 1. The van der Waals surface area contributed by atoms with Crippen molar-refractivity contribution in [2.24, 2.45) is 17.8 Å². The van der Waals surface area contributed by atoms with Crippen LogP contribution in [-0.2, 0) is 14.4 Å². The van der Waals surface area contributed by atoms with E-state index in [-0.39, 0.29) is 43.3 Å². The standard InChI is InChI=1S/C41H56N4O5S/c1-9-24-43(31-18-20-33(21-19-31)50-13-5)37(47)34-35-38(48)45(32(27-46)26-28(6)7)36(41(35)23-22-40(34,8)51-41)39(49)44(25-10-2)30-16-14-29(15-17-30)42(11-3)12-4/h9-10,14-21,28,32,34-36,46H,1-2,11-13,22-27H2,3-8H3/t32-,34+,35+,36?,40-,41?/m1/s1. The van der Waals surface area contributed by atoms with Crippen molar-refractivity contribution in [1.29, 1.82) is 0 Å². The summed E-state index contributed by atoms with van der Waals surface area (Å²) in [6.07, 6.45) is 5.25. The van der Waals surface area contributed by atoms with Crippen LogP contribution in [0.4, 0.5) is 17.1 Å². The SMILES string of the molecule is C=CCN(C(=O)C1N([C@@H](CO)CC(C)C)C(=O)[C@@H]2[C@@H](C(=O)N(CC=C)c3ccc(OCC)cc3)[C@@]3(C)CCC12S3)c1ccc(N(CC)CC)cc1. The number of fused-ring (bicyclic) bond motifs is 1. The van der Waals surface area contributed by atoms with Gasteiger partial charge < -0.3 is 29.4 Å². The van der Waals surface area contributed by atoms with Gasteiger partial charge in [0, 0.05) is 48.0 Å². The van der Waals surface area contributed by atoms with Gasteiger partial charge in [-0.25, -0.2) is 0 Å². The molecular weight excluding hydrogens is 661 g/mol. The number of hydrogen-bond acceptors (Lipinski definition) is 7. The predicted octanol–water partition coefficient (Wildman–Crippen LogP) is 6.56. The molecule has 3 saturated heterocycles. The lowest BCUT2D eigenvalue weighted by molar-refractivity contribution is -0.142. The van der Waals surface area contributed by atoms with E-state index in [1.807, 2.05) is 55.5 Å². The second kappa shape index (κ2) is 15.9. The lowest BCUT2D eigenvalue weighted by atomic mass is 9.66. The molecule has 6 atom stereocenters. The number of rotatable bonds is 17. The Balaban J connectivity index is 1.59. The van der Waals surface area contributed by atoms with Crippen LogP contribution in [0.15, 0.2) is 73.8 Å². The van der Waals surface area contributed by atoms with Gasteiger partial charge in [0.2, 0.25) is 11.8 Å². The molecular formula is C41H56N4O5S. The Morgan fingerprint density at radius 3 is 2.00 bits per heavy atom. The Morgan fingerprint density at radius 2 is 1.49 bits per heavy atom. The van der Waals surface area contributed by atoms with E-state index in [9.17, 15) is 9.90 Å². The Hall–Kier alpha value is -3.76. The molecule has 9 nitrogen and oxygen atoms in total.